The molecule has 0 saturated heterocycles. The first kappa shape index (κ1) is 19.5. The number of nitrogens with zero attached hydrogens (tertiary/aromatic N) is 2. The average Bonchev–Trinajstić information content (AvgIpc) is 3.51. The van der Waals surface area contributed by atoms with Crippen molar-refractivity contribution in [2.75, 3.05) is 6.61 Å². The van der Waals surface area contributed by atoms with Crippen LogP contribution < -0.4 is 5.32 Å². The van der Waals surface area contributed by atoms with E-state index in [1.165, 1.54) is 23.3 Å². The van der Waals surface area contributed by atoms with Gasteiger partial charge in [0.2, 0.25) is 0 Å². The molecule has 0 spiro atoms. The molecule has 8 nitrogen and oxygen atoms in total. The largest absolute Gasteiger partial charge is 0.467 e. The summed E-state index contributed by atoms with van der Waals surface area (Å²) in [5, 5.41) is 7.44. The number of hydrogen-bond donors (Lipinski definition) is 1. The molecule has 0 fully saturated rings. The number of ether oxygens (including phenoxy) is 1. The van der Waals surface area contributed by atoms with Gasteiger partial charge < -0.3 is 18.9 Å². The Bertz CT molecular complexity index is 1150. The van der Waals surface area contributed by atoms with E-state index in [1.54, 1.807) is 48.5 Å². The summed E-state index contributed by atoms with van der Waals surface area (Å²) in [6.07, 6.45) is 3.03. The van der Waals surface area contributed by atoms with Crippen LogP contribution in [0, 0.1) is 0 Å². The van der Waals surface area contributed by atoms with Crippen LogP contribution in [0.4, 0.5) is 0 Å². The SMILES string of the molecule is O=C(COC(=O)c1cc(-c2ccco2)n(-c2cccc(Cl)c2)n1)NCc1ccco1. The molecule has 0 aliphatic heterocycles. The maximum Gasteiger partial charge on any atom is 0.359 e. The van der Waals surface area contributed by atoms with Crippen LogP contribution in [0.15, 0.2) is 76.0 Å². The van der Waals surface area contributed by atoms with Crippen LogP contribution in [-0.4, -0.2) is 28.3 Å². The Morgan fingerprint density at radius 3 is 2.63 bits per heavy atom. The van der Waals surface area contributed by atoms with Crippen LogP contribution >= 0.6 is 11.6 Å². The highest BCUT2D eigenvalue weighted by atomic mass is 35.5. The summed E-state index contributed by atoms with van der Waals surface area (Å²) in [4.78, 5) is 24.4. The summed E-state index contributed by atoms with van der Waals surface area (Å²) < 4.78 is 17.2. The van der Waals surface area contributed by atoms with Crippen LogP contribution in [0.25, 0.3) is 17.1 Å². The van der Waals surface area contributed by atoms with Crippen LogP contribution in [0.3, 0.4) is 0 Å². The molecular formula is C21H16ClN3O5. The quantitative estimate of drug-likeness (QED) is 0.451. The lowest BCUT2D eigenvalue weighted by Crippen LogP contribution is -2.28. The Hall–Kier alpha value is -3.78. The number of furan rings is 2. The maximum atomic E-state index is 12.5. The van der Waals surface area contributed by atoms with Gasteiger partial charge in [0.15, 0.2) is 18.1 Å². The summed E-state index contributed by atoms with van der Waals surface area (Å²) in [5.74, 6) is -0.0900. The Morgan fingerprint density at radius 2 is 1.90 bits per heavy atom. The molecule has 1 N–H and O–H groups in total. The predicted octanol–water partition coefficient (Wildman–Crippen LogP) is 3.85. The van der Waals surface area contributed by atoms with Gasteiger partial charge in [-0.05, 0) is 42.5 Å². The van der Waals surface area contributed by atoms with E-state index in [9.17, 15) is 9.59 Å². The molecule has 1 aromatic carbocycles. The fourth-order valence-corrected chi connectivity index (χ4v) is 2.92. The lowest BCUT2D eigenvalue weighted by Gasteiger charge is -2.06. The minimum Gasteiger partial charge on any atom is -0.467 e. The first-order valence-corrected chi connectivity index (χ1v) is 9.34. The minimum absolute atomic E-state index is 0.0280. The van der Waals surface area contributed by atoms with E-state index in [-0.39, 0.29) is 12.2 Å². The van der Waals surface area contributed by atoms with Crippen molar-refractivity contribution in [1.82, 2.24) is 15.1 Å². The van der Waals surface area contributed by atoms with E-state index in [0.717, 1.165) is 0 Å². The normalized spacial score (nSPS) is 10.7. The Morgan fingerprint density at radius 1 is 1.07 bits per heavy atom. The van der Waals surface area contributed by atoms with E-state index < -0.39 is 18.5 Å². The van der Waals surface area contributed by atoms with Crippen molar-refractivity contribution in [1.29, 1.82) is 0 Å². The fraction of sp³-hybridized carbons (Fsp3) is 0.0952. The van der Waals surface area contributed by atoms with E-state index in [0.29, 0.717) is 27.9 Å². The molecular weight excluding hydrogens is 410 g/mol. The number of rotatable bonds is 7. The lowest BCUT2D eigenvalue weighted by atomic mass is 10.2. The number of carbonyl (C=O) groups is 2. The summed E-state index contributed by atoms with van der Waals surface area (Å²) in [7, 11) is 0. The molecule has 0 saturated carbocycles. The molecule has 4 rings (SSSR count). The van der Waals surface area contributed by atoms with Crippen LogP contribution in [0.5, 0.6) is 0 Å². The smallest absolute Gasteiger partial charge is 0.359 e. The summed E-state index contributed by atoms with van der Waals surface area (Å²) in [5.41, 5.74) is 1.21. The number of halogens is 1. The predicted molar refractivity (Wildman–Crippen MR) is 107 cm³/mol. The van der Waals surface area contributed by atoms with Gasteiger partial charge >= 0.3 is 5.97 Å². The zero-order valence-corrected chi connectivity index (χ0v) is 16.3. The third-order valence-electron chi connectivity index (χ3n) is 4.12. The number of amides is 1. The highest BCUT2D eigenvalue weighted by molar-refractivity contribution is 6.30. The first-order chi connectivity index (χ1) is 14.6. The van der Waals surface area contributed by atoms with E-state index in [4.69, 9.17) is 25.2 Å². The fourth-order valence-electron chi connectivity index (χ4n) is 2.74. The molecule has 0 bridgehead atoms. The minimum atomic E-state index is -0.739. The maximum absolute atomic E-state index is 12.5. The second-order valence-corrected chi connectivity index (χ2v) is 6.65. The number of hydrogen-bond acceptors (Lipinski definition) is 6. The zero-order chi connectivity index (χ0) is 20.9. The van der Waals surface area contributed by atoms with Crippen LogP contribution in [-0.2, 0) is 16.1 Å². The molecule has 3 heterocycles. The molecule has 3 aromatic heterocycles. The molecule has 0 unspecified atom stereocenters. The third-order valence-corrected chi connectivity index (χ3v) is 4.35. The van der Waals surface area contributed by atoms with Crippen molar-refractivity contribution in [3.63, 3.8) is 0 Å². The number of esters is 1. The van der Waals surface area contributed by atoms with Gasteiger partial charge in [0, 0.05) is 11.1 Å². The van der Waals surface area contributed by atoms with Crippen molar-refractivity contribution in [3.8, 4) is 17.1 Å². The molecule has 1 amide bonds. The summed E-state index contributed by atoms with van der Waals surface area (Å²) >= 11 is 6.09. The highest BCUT2D eigenvalue weighted by Crippen LogP contribution is 2.26. The molecule has 0 aliphatic rings. The molecule has 0 radical (unpaired) electrons. The van der Waals surface area contributed by atoms with E-state index in [2.05, 4.69) is 10.4 Å². The molecule has 152 valence electrons. The van der Waals surface area contributed by atoms with Crippen molar-refractivity contribution in [2.45, 2.75) is 6.54 Å². The van der Waals surface area contributed by atoms with Gasteiger partial charge in [-0.1, -0.05) is 17.7 Å². The van der Waals surface area contributed by atoms with Crippen molar-refractivity contribution in [3.05, 3.63) is 83.6 Å². The molecule has 30 heavy (non-hydrogen) atoms. The summed E-state index contributed by atoms with van der Waals surface area (Å²) in [6.45, 7) is -0.241. The van der Waals surface area contributed by atoms with Gasteiger partial charge in [-0.15, -0.1) is 0 Å². The Kier molecular flexibility index (Phi) is 5.67. The Balaban J connectivity index is 1.49. The van der Waals surface area contributed by atoms with E-state index in [1.807, 2.05) is 0 Å². The number of benzene rings is 1. The molecule has 0 aliphatic carbocycles. The topological polar surface area (TPSA) is 99.5 Å². The van der Waals surface area contributed by atoms with E-state index >= 15 is 0 Å². The summed E-state index contributed by atoms with van der Waals surface area (Å²) in [6, 6.07) is 15.5. The second kappa shape index (κ2) is 8.71. The number of carbonyl (C=O) groups excluding carboxylic acids is 2. The number of aromatic nitrogens is 2. The van der Waals surface area contributed by atoms with Gasteiger partial charge in [0.05, 0.1) is 24.8 Å². The van der Waals surface area contributed by atoms with Gasteiger partial charge in [-0.2, -0.15) is 5.10 Å². The first-order valence-electron chi connectivity index (χ1n) is 8.96. The van der Waals surface area contributed by atoms with Crippen molar-refractivity contribution < 1.29 is 23.2 Å². The number of nitrogens with one attached hydrogen (secondary N) is 1. The molecule has 0 atom stereocenters. The molecule has 9 heteroatoms. The standard InChI is InChI=1S/C21H16ClN3O5/c22-14-4-1-5-15(10-14)25-18(19-7-3-9-29-19)11-17(24-25)21(27)30-13-20(26)23-12-16-6-2-8-28-16/h1-11H,12-13H2,(H,23,26). The van der Waals surface area contributed by atoms with Crippen molar-refractivity contribution in [2.24, 2.45) is 0 Å². The molecule has 4 aromatic rings. The lowest BCUT2D eigenvalue weighted by molar-refractivity contribution is -0.124. The highest BCUT2D eigenvalue weighted by Gasteiger charge is 2.20. The Labute approximate surface area is 176 Å². The van der Waals surface area contributed by atoms with Gasteiger partial charge in [0.1, 0.15) is 11.5 Å². The zero-order valence-electron chi connectivity index (χ0n) is 15.6. The second-order valence-electron chi connectivity index (χ2n) is 6.22. The third kappa shape index (κ3) is 4.44. The monoisotopic (exact) mass is 425 g/mol. The van der Waals surface area contributed by atoms with Gasteiger partial charge in [0.25, 0.3) is 5.91 Å². The van der Waals surface area contributed by atoms with Gasteiger partial charge in [-0.3, -0.25) is 4.79 Å². The van der Waals surface area contributed by atoms with Crippen molar-refractivity contribution >= 4 is 23.5 Å². The average molecular weight is 426 g/mol. The van der Waals surface area contributed by atoms with Crippen LogP contribution in [0.1, 0.15) is 16.2 Å². The van der Waals surface area contributed by atoms with Gasteiger partial charge in [-0.25, -0.2) is 9.48 Å². The van der Waals surface area contributed by atoms with Crippen LogP contribution in [0.2, 0.25) is 5.02 Å².